The summed E-state index contributed by atoms with van der Waals surface area (Å²) in [4.78, 5) is 25.1. The molecule has 2 aliphatic rings. The summed E-state index contributed by atoms with van der Waals surface area (Å²) in [5.41, 5.74) is 1.93. The van der Waals surface area contributed by atoms with Gasteiger partial charge in [0.15, 0.2) is 0 Å². The number of anilines is 1. The number of halogens is 1. The van der Waals surface area contributed by atoms with E-state index in [1.807, 2.05) is 38.1 Å². The molecule has 0 bridgehead atoms. The van der Waals surface area contributed by atoms with E-state index in [9.17, 15) is 9.18 Å². The predicted molar refractivity (Wildman–Crippen MR) is 104 cm³/mol. The Balaban J connectivity index is 1.76. The summed E-state index contributed by atoms with van der Waals surface area (Å²) in [5, 5.41) is 0.906. The van der Waals surface area contributed by atoms with Gasteiger partial charge in [0.05, 0.1) is 11.1 Å². The number of rotatable bonds is 2. The normalized spacial score (nSPS) is 24.0. The van der Waals surface area contributed by atoms with Gasteiger partial charge in [-0.2, -0.15) is 0 Å². The van der Waals surface area contributed by atoms with Crippen molar-refractivity contribution < 1.29 is 4.39 Å². The summed E-state index contributed by atoms with van der Waals surface area (Å²) in [5.74, 6) is -0.128. The van der Waals surface area contributed by atoms with E-state index in [0.29, 0.717) is 22.3 Å². The minimum absolute atomic E-state index is 0.128. The lowest BCUT2D eigenvalue weighted by Gasteiger charge is -2.14. The molecule has 0 radical (unpaired) electrons. The van der Waals surface area contributed by atoms with E-state index in [1.165, 1.54) is 15.9 Å². The first-order valence-electron chi connectivity index (χ1n) is 8.46. The molecule has 0 N–H and O–H groups in total. The number of aromatic nitrogens is 3. The van der Waals surface area contributed by atoms with Gasteiger partial charge in [0, 0.05) is 31.4 Å². The second-order valence-corrected chi connectivity index (χ2v) is 8.22. The number of aryl methyl sites for hydroxylation is 1. The first-order valence-corrected chi connectivity index (χ1v) is 9.28. The molecule has 2 atom stereocenters. The molecule has 3 aromatic rings. The lowest BCUT2D eigenvalue weighted by Crippen LogP contribution is -2.20. The zero-order valence-electron chi connectivity index (χ0n) is 14.7. The average Bonchev–Trinajstić information content (AvgIpc) is 3.12. The van der Waals surface area contributed by atoms with Crippen molar-refractivity contribution in [1.29, 1.82) is 0 Å². The third-order valence-corrected chi connectivity index (χ3v) is 6.17. The molecule has 26 heavy (non-hydrogen) atoms. The Kier molecular flexibility index (Phi) is 3.02. The van der Waals surface area contributed by atoms with Gasteiger partial charge in [-0.05, 0) is 31.6 Å². The van der Waals surface area contributed by atoms with Crippen LogP contribution < -0.4 is 10.5 Å². The maximum atomic E-state index is 14.0. The maximum absolute atomic E-state index is 14.0. The third kappa shape index (κ3) is 2.10. The summed E-state index contributed by atoms with van der Waals surface area (Å²) >= 11 is 1.36. The molecule has 3 heterocycles. The average molecular weight is 368 g/mol. The van der Waals surface area contributed by atoms with Crippen LogP contribution in [0.1, 0.15) is 12.1 Å². The largest absolute Gasteiger partial charge is 0.377 e. The number of allylic oxidation sites excluding steroid dienone is 4. The Labute approximate surface area is 153 Å². The fraction of sp³-hybridized carbons (Fsp3) is 0.316. The second-order valence-electron chi connectivity index (χ2n) is 7.22. The summed E-state index contributed by atoms with van der Waals surface area (Å²) < 4.78 is 16.1. The van der Waals surface area contributed by atoms with Crippen molar-refractivity contribution in [3.8, 4) is 0 Å². The van der Waals surface area contributed by atoms with E-state index in [1.54, 1.807) is 18.5 Å². The Morgan fingerprint density at radius 1 is 1.42 bits per heavy atom. The zero-order chi connectivity index (χ0) is 18.2. The molecular weight excluding hydrogens is 351 g/mol. The quantitative estimate of drug-likeness (QED) is 0.694. The van der Waals surface area contributed by atoms with Crippen molar-refractivity contribution in [2.45, 2.75) is 19.0 Å². The van der Waals surface area contributed by atoms with Crippen LogP contribution in [0.4, 0.5) is 10.1 Å². The van der Waals surface area contributed by atoms with Crippen molar-refractivity contribution in [3.63, 3.8) is 0 Å². The molecule has 0 saturated heterocycles. The highest BCUT2D eigenvalue weighted by molar-refractivity contribution is 7.25. The highest BCUT2D eigenvalue weighted by Crippen LogP contribution is 2.52. The van der Waals surface area contributed by atoms with Crippen molar-refractivity contribution in [2.24, 2.45) is 5.92 Å². The SMILES string of the molecule is Cc1cc(N(C)C)c2c(n1)sc1c(=O)n(C3=CC4CC4(F)C=C3)cnc12. The highest BCUT2D eigenvalue weighted by atomic mass is 32.1. The molecule has 7 heteroatoms. The molecule has 1 saturated carbocycles. The molecule has 0 spiro atoms. The van der Waals surface area contributed by atoms with E-state index in [0.717, 1.165) is 21.6 Å². The van der Waals surface area contributed by atoms with Crippen LogP contribution in [-0.2, 0) is 0 Å². The fourth-order valence-corrected chi connectivity index (χ4v) is 4.70. The summed E-state index contributed by atoms with van der Waals surface area (Å²) in [6.45, 7) is 1.94. The summed E-state index contributed by atoms with van der Waals surface area (Å²) in [6.07, 6.45) is 7.11. The summed E-state index contributed by atoms with van der Waals surface area (Å²) in [7, 11) is 3.94. The summed E-state index contributed by atoms with van der Waals surface area (Å²) in [6, 6.07) is 2.00. The molecule has 132 valence electrons. The number of nitrogens with zero attached hydrogens (tertiary/aromatic N) is 4. The molecule has 5 rings (SSSR count). The molecular formula is C19H17FN4OS. The minimum Gasteiger partial charge on any atom is -0.377 e. The Morgan fingerprint density at radius 3 is 2.96 bits per heavy atom. The lowest BCUT2D eigenvalue weighted by atomic mass is 10.1. The number of alkyl halides is 1. The van der Waals surface area contributed by atoms with Gasteiger partial charge in [-0.25, -0.2) is 14.4 Å². The number of fused-ring (bicyclic) bond motifs is 4. The third-order valence-electron chi connectivity index (χ3n) is 5.11. The van der Waals surface area contributed by atoms with Gasteiger partial charge in [0.25, 0.3) is 5.56 Å². The van der Waals surface area contributed by atoms with Crippen LogP contribution in [0.25, 0.3) is 26.1 Å². The van der Waals surface area contributed by atoms with Gasteiger partial charge in [-0.1, -0.05) is 6.08 Å². The predicted octanol–water partition coefficient (Wildman–Crippen LogP) is 3.52. The number of hydrogen-bond donors (Lipinski definition) is 0. The van der Waals surface area contributed by atoms with E-state index in [-0.39, 0.29) is 11.5 Å². The van der Waals surface area contributed by atoms with Crippen LogP contribution in [-0.4, -0.2) is 34.3 Å². The number of hydrogen-bond acceptors (Lipinski definition) is 5. The molecule has 2 aliphatic carbocycles. The van der Waals surface area contributed by atoms with Gasteiger partial charge in [0.1, 0.15) is 27.0 Å². The first-order chi connectivity index (χ1) is 12.4. The number of thiophene rings is 1. The smallest absolute Gasteiger partial charge is 0.275 e. The van der Waals surface area contributed by atoms with Crippen molar-refractivity contribution >= 4 is 43.2 Å². The van der Waals surface area contributed by atoms with E-state index < -0.39 is 5.67 Å². The maximum Gasteiger partial charge on any atom is 0.275 e. The Morgan fingerprint density at radius 2 is 2.23 bits per heavy atom. The van der Waals surface area contributed by atoms with Crippen molar-refractivity contribution in [1.82, 2.24) is 14.5 Å². The number of pyridine rings is 1. The van der Waals surface area contributed by atoms with Crippen LogP contribution in [0.15, 0.2) is 35.4 Å². The minimum atomic E-state index is -1.20. The standard InChI is InChI=1S/C19H17FN4OS/c1-10-6-13(23(2)3)14-15-16(26-17(14)22-10)18(25)24(9-21-15)12-4-5-19(20)8-11(19)7-12/h4-7,9,11H,8H2,1-3H3. The zero-order valence-corrected chi connectivity index (χ0v) is 15.5. The van der Waals surface area contributed by atoms with Crippen LogP contribution in [0.3, 0.4) is 0 Å². The van der Waals surface area contributed by atoms with Crippen molar-refractivity contribution in [3.05, 3.63) is 46.7 Å². The van der Waals surface area contributed by atoms with Crippen molar-refractivity contribution in [2.75, 3.05) is 19.0 Å². The molecule has 3 aromatic heterocycles. The van der Waals surface area contributed by atoms with E-state index >= 15 is 0 Å². The van der Waals surface area contributed by atoms with Crippen LogP contribution in [0, 0.1) is 12.8 Å². The fourth-order valence-electron chi connectivity index (χ4n) is 3.58. The van der Waals surface area contributed by atoms with Gasteiger partial charge < -0.3 is 4.90 Å². The topological polar surface area (TPSA) is 51.0 Å². The second kappa shape index (κ2) is 5.01. The van der Waals surface area contributed by atoms with Gasteiger partial charge >= 0.3 is 0 Å². The van der Waals surface area contributed by atoms with Crippen LogP contribution in [0.2, 0.25) is 0 Å². The molecule has 5 nitrogen and oxygen atoms in total. The molecule has 1 fully saturated rings. The highest BCUT2D eigenvalue weighted by Gasteiger charge is 2.53. The van der Waals surface area contributed by atoms with Gasteiger partial charge in [0.2, 0.25) is 0 Å². The van der Waals surface area contributed by atoms with Gasteiger partial charge in [-0.15, -0.1) is 11.3 Å². The lowest BCUT2D eigenvalue weighted by molar-refractivity contribution is 0.362. The van der Waals surface area contributed by atoms with Crippen LogP contribution in [0.5, 0.6) is 0 Å². The molecule has 0 aliphatic heterocycles. The van der Waals surface area contributed by atoms with Crippen LogP contribution >= 0.6 is 11.3 Å². The Bertz CT molecular complexity index is 1210. The van der Waals surface area contributed by atoms with Gasteiger partial charge in [-0.3, -0.25) is 9.36 Å². The molecule has 0 aromatic carbocycles. The first kappa shape index (κ1) is 15.7. The van der Waals surface area contributed by atoms with E-state index in [2.05, 4.69) is 9.97 Å². The Hall–Kier alpha value is -2.54. The van der Waals surface area contributed by atoms with E-state index in [4.69, 9.17) is 0 Å². The molecule has 2 unspecified atom stereocenters. The monoisotopic (exact) mass is 368 g/mol. The molecule has 0 amide bonds.